The van der Waals surface area contributed by atoms with E-state index in [2.05, 4.69) is 0 Å². The van der Waals surface area contributed by atoms with Crippen LogP contribution in [-0.2, 0) is 17.8 Å². The van der Waals surface area contributed by atoms with Crippen LogP contribution in [0.5, 0.6) is 0 Å². The Hall–Kier alpha value is -1.58. The molecule has 0 amide bonds. The second-order valence-corrected chi connectivity index (χ2v) is 5.40. The SMILES string of the molecule is O=C(O)Cn1cccc(CCC2CCCCC2)c1=O. The smallest absolute Gasteiger partial charge is 0.323 e. The van der Waals surface area contributed by atoms with E-state index in [9.17, 15) is 9.59 Å². The highest BCUT2D eigenvalue weighted by Crippen LogP contribution is 2.27. The zero-order chi connectivity index (χ0) is 13.7. The maximum Gasteiger partial charge on any atom is 0.323 e. The zero-order valence-corrected chi connectivity index (χ0v) is 11.2. The number of hydrogen-bond acceptors (Lipinski definition) is 2. The van der Waals surface area contributed by atoms with E-state index in [1.807, 2.05) is 6.07 Å². The Balaban J connectivity index is 1.99. The molecule has 1 aromatic heterocycles. The average molecular weight is 263 g/mol. The minimum absolute atomic E-state index is 0.152. The lowest BCUT2D eigenvalue weighted by molar-refractivity contribution is -0.137. The van der Waals surface area contributed by atoms with Crippen molar-refractivity contribution in [3.05, 3.63) is 34.2 Å². The highest BCUT2D eigenvalue weighted by atomic mass is 16.4. The van der Waals surface area contributed by atoms with Crippen molar-refractivity contribution in [3.8, 4) is 0 Å². The van der Waals surface area contributed by atoms with Crippen molar-refractivity contribution in [2.45, 2.75) is 51.5 Å². The first-order valence-corrected chi connectivity index (χ1v) is 7.07. The minimum atomic E-state index is -0.980. The largest absolute Gasteiger partial charge is 0.480 e. The fraction of sp³-hybridized carbons (Fsp3) is 0.600. The van der Waals surface area contributed by atoms with Crippen LogP contribution in [0.2, 0.25) is 0 Å². The van der Waals surface area contributed by atoms with Crippen LogP contribution in [0.25, 0.3) is 0 Å². The zero-order valence-electron chi connectivity index (χ0n) is 11.2. The van der Waals surface area contributed by atoms with Gasteiger partial charge in [0, 0.05) is 11.8 Å². The van der Waals surface area contributed by atoms with Crippen LogP contribution < -0.4 is 5.56 Å². The molecule has 0 aromatic carbocycles. The molecule has 104 valence electrons. The standard InChI is InChI=1S/C15H21NO3/c17-14(18)11-16-10-4-7-13(15(16)19)9-8-12-5-2-1-3-6-12/h4,7,10,12H,1-3,5-6,8-9,11H2,(H,17,18). The van der Waals surface area contributed by atoms with Crippen molar-refractivity contribution in [2.75, 3.05) is 0 Å². The maximum atomic E-state index is 12.1. The van der Waals surface area contributed by atoms with Crippen LogP contribution in [0.15, 0.2) is 23.1 Å². The third-order valence-electron chi connectivity index (χ3n) is 3.95. The van der Waals surface area contributed by atoms with Gasteiger partial charge in [0.15, 0.2) is 0 Å². The molecular weight excluding hydrogens is 242 g/mol. The molecule has 1 heterocycles. The van der Waals surface area contributed by atoms with E-state index >= 15 is 0 Å². The summed E-state index contributed by atoms with van der Waals surface area (Å²) in [6.45, 7) is -0.254. The summed E-state index contributed by atoms with van der Waals surface area (Å²) < 4.78 is 1.28. The van der Waals surface area contributed by atoms with Crippen LogP contribution in [0.4, 0.5) is 0 Å². The first-order valence-electron chi connectivity index (χ1n) is 7.07. The van der Waals surface area contributed by atoms with Gasteiger partial charge in [0.05, 0.1) is 0 Å². The van der Waals surface area contributed by atoms with Crippen molar-refractivity contribution < 1.29 is 9.90 Å². The molecule has 0 radical (unpaired) electrons. The molecule has 1 saturated carbocycles. The Morgan fingerprint density at radius 1 is 1.32 bits per heavy atom. The summed E-state index contributed by atoms with van der Waals surface area (Å²) in [5.41, 5.74) is 0.593. The van der Waals surface area contributed by atoms with Crippen LogP contribution in [-0.4, -0.2) is 15.6 Å². The summed E-state index contributed by atoms with van der Waals surface area (Å²) in [4.78, 5) is 22.8. The van der Waals surface area contributed by atoms with E-state index in [-0.39, 0.29) is 12.1 Å². The molecule has 4 heteroatoms. The summed E-state index contributed by atoms with van der Waals surface area (Å²) in [7, 11) is 0. The Morgan fingerprint density at radius 3 is 2.74 bits per heavy atom. The average Bonchev–Trinajstić information content (AvgIpc) is 2.40. The molecule has 0 unspecified atom stereocenters. The van der Waals surface area contributed by atoms with Crippen LogP contribution in [0.1, 0.15) is 44.1 Å². The molecule has 1 N–H and O–H groups in total. The first-order chi connectivity index (χ1) is 9.16. The van der Waals surface area contributed by atoms with Gasteiger partial charge >= 0.3 is 5.97 Å². The van der Waals surface area contributed by atoms with Gasteiger partial charge in [-0.05, 0) is 24.8 Å². The molecule has 19 heavy (non-hydrogen) atoms. The lowest BCUT2D eigenvalue weighted by atomic mass is 9.85. The maximum absolute atomic E-state index is 12.1. The molecule has 0 bridgehead atoms. The molecule has 0 atom stereocenters. The number of hydrogen-bond donors (Lipinski definition) is 1. The molecule has 0 aliphatic heterocycles. The molecule has 4 nitrogen and oxygen atoms in total. The quantitative estimate of drug-likeness (QED) is 0.887. The third kappa shape index (κ3) is 3.94. The summed E-state index contributed by atoms with van der Waals surface area (Å²) >= 11 is 0. The van der Waals surface area contributed by atoms with Crippen molar-refractivity contribution >= 4 is 5.97 Å². The number of carboxylic acid groups (broad SMARTS) is 1. The predicted octanol–water partition coefficient (Wildman–Crippen LogP) is 2.45. The summed E-state index contributed by atoms with van der Waals surface area (Å²) in [6, 6.07) is 3.59. The van der Waals surface area contributed by atoms with E-state index in [0.717, 1.165) is 24.3 Å². The second kappa shape index (κ2) is 6.55. The summed E-state index contributed by atoms with van der Waals surface area (Å²) in [5, 5.41) is 8.76. The normalized spacial score (nSPS) is 16.4. The number of carbonyl (C=O) groups is 1. The summed E-state index contributed by atoms with van der Waals surface area (Å²) in [5.74, 6) is -0.243. The molecular formula is C15H21NO3. The topological polar surface area (TPSA) is 59.3 Å². The number of carboxylic acids is 1. The molecule has 1 fully saturated rings. The highest BCUT2D eigenvalue weighted by molar-refractivity contribution is 5.66. The number of aromatic nitrogens is 1. The molecule has 0 saturated heterocycles. The van der Waals surface area contributed by atoms with E-state index in [0.29, 0.717) is 0 Å². The van der Waals surface area contributed by atoms with Crippen molar-refractivity contribution in [3.63, 3.8) is 0 Å². The monoisotopic (exact) mass is 263 g/mol. The van der Waals surface area contributed by atoms with E-state index in [1.165, 1.54) is 36.7 Å². The number of pyridine rings is 1. The van der Waals surface area contributed by atoms with Crippen LogP contribution >= 0.6 is 0 Å². The molecule has 2 rings (SSSR count). The fourth-order valence-electron chi connectivity index (χ4n) is 2.88. The lowest BCUT2D eigenvalue weighted by Gasteiger charge is -2.21. The van der Waals surface area contributed by atoms with Gasteiger partial charge in [0.2, 0.25) is 0 Å². The predicted molar refractivity (Wildman–Crippen MR) is 73.2 cm³/mol. The Kier molecular flexibility index (Phi) is 4.77. The Labute approximate surface area is 113 Å². The first kappa shape index (κ1) is 13.8. The van der Waals surface area contributed by atoms with Gasteiger partial charge in [-0.3, -0.25) is 9.59 Å². The van der Waals surface area contributed by atoms with E-state index < -0.39 is 5.97 Å². The van der Waals surface area contributed by atoms with E-state index in [4.69, 9.17) is 5.11 Å². The van der Waals surface area contributed by atoms with Gasteiger partial charge < -0.3 is 9.67 Å². The van der Waals surface area contributed by atoms with Gasteiger partial charge in [-0.2, -0.15) is 0 Å². The van der Waals surface area contributed by atoms with Crippen LogP contribution in [0, 0.1) is 5.92 Å². The van der Waals surface area contributed by atoms with Crippen molar-refractivity contribution in [2.24, 2.45) is 5.92 Å². The number of aliphatic carboxylic acids is 1. The van der Waals surface area contributed by atoms with Crippen molar-refractivity contribution in [1.29, 1.82) is 0 Å². The molecule has 0 spiro atoms. The number of nitrogens with zero attached hydrogens (tertiary/aromatic N) is 1. The molecule has 1 aromatic rings. The number of rotatable bonds is 5. The van der Waals surface area contributed by atoms with Gasteiger partial charge in [-0.1, -0.05) is 38.2 Å². The third-order valence-corrected chi connectivity index (χ3v) is 3.95. The van der Waals surface area contributed by atoms with Gasteiger partial charge in [0.25, 0.3) is 5.56 Å². The summed E-state index contributed by atoms with van der Waals surface area (Å²) in [6.07, 6.45) is 9.86. The lowest BCUT2D eigenvalue weighted by Crippen LogP contribution is -2.26. The number of aryl methyl sites for hydroxylation is 1. The van der Waals surface area contributed by atoms with Crippen LogP contribution in [0.3, 0.4) is 0 Å². The fourth-order valence-corrected chi connectivity index (χ4v) is 2.88. The van der Waals surface area contributed by atoms with Gasteiger partial charge in [0.1, 0.15) is 6.54 Å². The van der Waals surface area contributed by atoms with Gasteiger partial charge in [-0.25, -0.2) is 0 Å². The Morgan fingerprint density at radius 2 is 2.05 bits per heavy atom. The second-order valence-electron chi connectivity index (χ2n) is 5.40. The Bertz CT molecular complexity index is 486. The van der Waals surface area contributed by atoms with Crippen molar-refractivity contribution in [1.82, 2.24) is 4.57 Å². The van der Waals surface area contributed by atoms with E-state index in [1.54, 1.807) is 12.3 Å². The molecule has 1 aliphatic carbocycles. The van der Waals surface area contributed by atoms with Gasteiger partial charge in [-0.15, -0.1) is 0 Å². The molecule has 1 aliphatic rings. The minimum Gasteiger partial charge on any atom is -0.480 e. The highest BCUT2D eigenvalue weighted by Gasteiger charge is 2.14.